The van der Waals surface area contributed by atoms with E-state index < -0.39 is 4.92 Å². The van der Waals surface area contributed by atoms with Crippen LogP contribution in [-0.2, 0) is 13.2 Å². The zero-order valence-electron chi connectivity index (χ0n) is 12.6. The third-order valence-corrected chi connectivity index (χ3v) is 4.36. The Kier molecular flexibility index (Phi) is 4.90. The van der Waals surface area contributed by atoms with Crippen molar-refractivity contribution in [2.45, 2.75) is 13.2 Å². The Balaban J connectivity index is 1.50. The summed E-state index contributed by atoms with van der Waals surface area (Å²) in [6.07, 6.45) is 2.75. The molecule has 0 unspecified atom stereocenters. The second-order valence-corrected chi connectivity index (χ2v) is 6.03. The van der Waals surface area contributed by atoms with Gasteiger partial charge in [0.25, 0.3) is 0 Å². The number of nitrogens with zero attached hydrogens (tertiary/aromatic N) is 5. The SMILES string of the molecule is O=[N+]([O-])c1cnn(CN2CCN(Cc3ccccc3Cl)CC2)c1. The Morgan fingerprint density at radius 1 is 1.17 bits per heavy atom. The number of piperazine rings is 1. The summed E-state index contributed by atoms with van der Waals surface area (Å²) >= 11 is 6.20. The van der Waals surface area contributed by atoms with Gasteiger partial charge in [-0.2, -0.15) is 5.10 Å². The first kappa shape index (κ1) is 15.9. The first-order valence-electron chi connectivity index (χ1n) is 7.47. The van der Waals surface area contributed by atoms with Gasteiger partial charge >= 0.3 is 5.69 Å². The molecule has 1 aromatic heterocycles. The molecule has 2 heterocycles. The molecular weight excluding hydrogens is 318 g/mol. The molecule has 0 bridgehead atoms. The maximum absolute atomic E-state index is 10.7. The fourth-order valence-corrected chi connectivity index (χ4v) is 2.88. The van der Waals surface area contributed by atoms with Crippen LogP contribution >= 0.6 is 11.6 Å². The Morgan fingerprint density at radius 2 is 1.87 bits per heavy atom. The maximum atomic E-state index is 10.7. The molecular formula is C15H18ClN5O2. The second-order valence-electron chi connectivity index (χ2n) is 5.62. The van der Waals surface area contributed by atoms with Crippen LogP contribution in [0.2, 0.25) is 5.02 Å². The first-order valence-corrected chi connectivity index (χ1v) is 7.84. The molecule has 0 saturated carbocycles. The Labute approximate surface area is 139 Å². The summed E-state index contributed by atoms with van der Waals surface area (Å²) in [5, 5.41) is 15.5. The number of nitro groups is 1. The molecule has 0 atom stereocenters. The van der Waals surface area contributed by atoms with Crippen molar-refractivity contribution < 1.29 is 4.92 Å². The third-order valence-electron chi connectivity index (χ3n) is 3.99. The average Bonchev–Trinajstić information content (AvgIpc) is 3.00. The molecule has 23 heavy (non-hydrogen) atoms. The van der Waals surface area contributed by atoms with Gasteiger partial charge in [-0.25, -0.2) is 0 Å². The molecule has 1 saturated heterocycles. The molecule has 0 aliphatic carbocycles. The van der Waals surface area contributed by atoms with E-state index in [1.54, 1.807) is 4.68 Å². The van der Waals surface area contributed by atoms with E-state index in [-0.39, 0.29) is 5.69 Å². The van der Waals surface area contributed by atoms with Gasteiger partial charge in [0, 0.05) is 37.7 Å². The van der Waals surface area contributed by atoms with E-state index in [4.69, 9.17) is 11.6 Å². The molecule has 1 aromatic carbocycles. The van der Waals surface area contributed by atoms with Crippen LogP contribution in [0.1, 0.15) is 5.56 Å². The first-order chi connectivity index (χ1) is 11.1. The molecule has 0 N–H and O–H groups in total. The molecule has 0 spiro atoms. The van der Waals surface area contributed by atoms with Crippen molar-refractivity contribution in [3.05, 3.63) is 57.4 Å². The summed E-state index contributed by atoms with van der Waals surface area (Å²) in [7, 11) is 0. The smallest absolute Gasteiger partial charge is 0.296 e. The minimum atomic E-state index is -0.426. The normalized spacial score (nSPS) is 16.6. The van der Waals surface area contributed by atoms with E-state index in [9.17, 15) is 10.1 Å². The maximum Gasteiger partial charge on any atom is 0.307 e. The van der Waals surface area contributed by atoms with Crippen LogP contribution in [0.3, 0.4) is 0 Å². The zero-order chi connectivity index (χ0) is 16.2. The van der Waals surface area contributed by atoms with Crippen molar-refractivity contribution in [3.63, 3.8) is 0 Å². The number of rotatable bonds is 5. The molecule has 7 nitrogen and oxygen atoms in total. The summed E-state index contributed by atoms with van der Waals surface area (Å²) < 4.78 is 1.61. The van der Waals surface area contributed by atoms with Gasteiger partial charge in [-0.1, -0.05) is 29.8 Å². The largest absolute Gasteiger partial charge is 0.307 e. The number of hydrogen-bond acceptors (Lipinski definition) is 5. The summed E-state index contributed by atoms with van der Waals surface area (Å²) in [5.74, 6) is 0. The predicted octanol–water partition coefficient (Wildman–Crippen LogP) is 2.22. The van der Waals surface area contributed by atoms with E-state index in [1.807, 2.05) is 18.2 Å². The number of hydrogen-bond donors (Lipinski definition) is 0. The van der Waals surface area contributed by atoms with Gasteiger partial charge in [0.05, 0.1) is 11.6 Å². The fraction of sp³-hybridized carbons (Fsp3) is 0.400. The van der Waals surface area contributed by atoms with Crippen LogP contribution in [-0.4, -0.2) is 50.7 Å². The Hall–Kier alpha value is -1.96. The number of benzene rings is 1. The molecule has 1 fully saturated rings. The zero-order valence-corrected chi connectivity index (χ0v) is 13.4. The van der Waals surface area contributed by atoms with Crippen LogP contribution in [0.25, 0.3) is 0 Å². The fourth-order valence-electron chi connectivity index (χ4n) is 2.69. The number of aromatic nitrogens is 2. The molecule has 2 aromatic rings. The Morgan fingerprint density at radius 3 is 2.52 bits per heavy atom. The van der Waals surface area contributed by atoms with Crippen LogP contribution in [0.15, 0.2) is 36.7 Å². The molecule has 3 rings (SSSR count). The highest BCUT2D eigenvalue weighted by molar-refractivity contribution is 6.31. The van der Waals surface area contributed by atoms with Gasteiger partial charge in [0.15, 0.2) is 0 Å². The van der Waals surface area contributed by atoms with Crippen molar-refractivity contribution in [3.8, 4) is 0 Å². The van der Waals surface area contributed by atoms with Crippen LogP contribution in [0, 0.1) is 10.1 Å². The highest BCUT2D eigenvalue weighted by Crippen LogP contribution is 2.18. The van der Waals surface area contributed by atoms with Crippen LogP contribution < -0.4 is 0 Å². The molecule has 122 valence electrons. The van der Waals surface area contributed by atoms with E-state index in [0.29, 0.717) is 6.67 Å². The highest BCUT2D eigenvalue weighted by atomic mass is 35.5. The lowest BCUT2D eigenvalue weighted by atomic mass is 10.2. The monoisotopic (exact) mass is 335 g/mol. The molecule has 8 heteroatoms. The van der Waals surface area contributed by atoms with Crippen molar-refractivity contribution in [2.75, 3.05) is 26.2 Å². The lowest BCUT2D eigenvalue weighted by Gasteiger charge is -2.34. The molecule has 0 amide bonds. The standard InChI is InChI=1S/C15H18ClN5O2/c16-15-4-2-1-3-13(15)10-18-5-7-19(8-6-18)12-20-11-14(9-17-20)21(22)23/h1-4,9,11H,5-8,10,12H2. The summed E-state index contributed by atoms with van der Waals surface area (Å²) in [6.45, 7) is 5.11. The molecule has 0 radical (unpaired) electrons. The van der Waals surface area contributed by atoms with Gasteiger partial charge in [0.1, 0.15) is 12.4 Å². The second kappa shape index (κ2) is 7.08. The minimum Gasteiger partial charge on any atom is -0.296 e. The van der Waals surface area contributed by atoms with Crippen LogP contribution in [0.5, 0.6) is 0 Å². The summed E-state index contributed by atoms with van der Waals surface area (Å²) in [5.41, 5.74) is 1.17. The van der Waals surface area contributed by atoms with E-state index in [2.05, 4.69) is 21.0 Å². The van der Waals surface area contributed by atoms with Crippen molar-refractivity contribution in [2.24, 2.45) is 0 Å². The van der Waals surface area contributed by atoms with Gasteiger partial charge in [-0.15, -0.1) is 0 Å². The lowest BCUT2D eigenvalue weighted by molar-refractivity contribution is -0.385. The lowest BCUT2D eigenvalue weighted by Crippen LogP contribution is -2.46. The number of halogens is 1. The van der Waals surface area contributed by atoms with Gasteiger partial charge in [0.2, 0.25) is 0 Å². The van der Waals surface area contributed by atoms with Gasteiger partial charge in [-0.05, 0) is 11.6 Å². The van der Waals surface area contributed by atoms with Crippen molar-refractivity contribution in [1.82, 2.24) is 19.6 Å². The molecule has 1 aliphatic rings. The summed E-state index contributed by atoms with van der Waals surface area (Å²) in [6, 6.07) is 7.91. The third kappa shape index (κ3) is 4.07. The quantitative estimate of drug-likeness (QED) is 0.619. The Bertz CT molecular complexity index is 682. The average molecular weight is 336 g/mol. The van der Waals surface area contributed by atoms with Gasteiger partial charge in [-0.3, -0.25) is 24.6 Å². The van der Waals surface area contributed by atoms with Crippen molar-refractivity contribution in [1.29, 1.82) is 0 Å². The molecule has 1 aliphatic heterocycles. The van der Waals surface area contributed by atoms with Crippen molar-refractivity contribution >= 4 is 17.3 Å². The van der Waals surface area contributed by atoms with E-state index in [0.717, 1.165) is 43.3 Å². The van der Waals surface area contributed by atoms with E-state index >= 15 is 0 Å². The van der Waals surface area contributed by atoms with Gasteiger partial charge < -0.3 is 0 Å². The topological polar surface area (TPSA) is 67.4 Å². The summed E-state index contributed by atoms with van der Waals surface area (Å²) in [4.78, 5) is 14.8. The van der Waals surface area contributed by atoms with E-state index in [1.165, 1.54) is 12.4 Å². The highest BCUT2D eigenvalue weighted by Gasteiger charge is 2.19. The van der Waals surface area contributed by atoms with Crippen LogP contribution in [0.4, 0.5) is 5.69 Å². The predicted molar refractivity (Wildman–Crippen MR) is 87.2 cm³/mol. The minimum absolute atomic E-state index is 0.0300.